The highest BCUT2D eigenvalue weighted by atomic mass is 32.1. The lowest BCUT2D eigenvalue weighted by atomic mass is 10.2. The van der Waals surface area contributed by atoms with Gasteiger partial charge in [-0.25, -0.2) is 9.67 Å². The van der Waals surface area contributed by atoms with E-state index in [1.165, 1.54) is 10.4 Å². The Morgan fingerprint density at radius 2 is 2.21 bits per heavy atom. The molecule has 0 spiro atoms. The van der Waals surface area contributed by atoms with Gasteiger partial charge in [-0.3, -0.25) is 0 Å². The van der Waals surface area contributed by atoms with Crippen LogP contribution >= 0.6 is 11.3 Å². The number of nitrogens with zero attached hydrogens (tertiary/aromatic N) is 3. The van der Waals surface area contributed by atoms with Crippen LogP contribution in [0.1, 0.15) is 37.0 Å². The quantitative estimate of drug-likeness (QED) is 0.847. The summed E-state index contributed by atoms with van der Waals surface area (Å²) in [6.07, 6.45) is 2.74. The first-order chi connectivity index (χ1) is 9.20. The van der Waals surface area contributed by atoms with Crippen LogP contribution in [0.25, 0.3) is 0 Å². The molecular weight excluding hydrogens is 256 g/mol. The van der Waals surface area contributed by atoms with Gasteiger partial charge in [0.25, 0.3) is 0 Å². The second-order valence-corrected chi connectivity index (χ2v) is 6.08. The molecule has 1 N–H and O–H groups in total. The van der Waals surface area contributed by atoms with Gasteiger partial charge in [-0.1, -0.05) is 20.8 Å². The highest BCUT2D eigenvalue weighted by Gasteiger charge is 2.07. The molecule has 0 aliphatic carbocycles. The van der Waals surface area contributed by atoms with Gasteiger partial charge in [0.2, 0.25) is 0 Å². The normalized spacial score (nSPS) is 11.4. The summed E-state index contributed by atoms with van der Waals surface area (Å²) in [6.45, 7) is 9.19. The number of thiophene rings is 1. The van der Waals surface area contributed by atoms with Gasteiger partial charge in [-0.2, -0.15) is 5.10 Å². The second kappa shape index (κ2) is 6.82. The average Bonchev–Trinajstić information content (AvgIpc) is 2.98. The number of nitrogens with one attached hydrogen (secondary N) is 1. The Bertz CT molecular complexity index is 501. The Morgan fingerprint density at radius 1 is 1.37 bits per heavy atom. The fourth-order valence-electron chi connectivity index (χ4n) is 2.05. The highest BCUT2D eigenvalue weighted by Crippen LogP contribution is 2.17. The summed E-state index contributed by atoms with van der Waals surface area (Å²) in [5.41, 5.74) is 1.45. The van der Waals surface area contributed by atoms with Crippen LogP contribution in [0.2, 0.25) is 0 Å². The van der Waals surface area contributed by atoms with Crippen molar-refractivity contribution in [2.75, 3.05) is 0 Å². The highest BCUT2D eigenvalue weighted by molar-refractivity contribution is 7.10. The molecule has 2 aromatic rings. The SMILES string of the molecule is CCc1ccsc1CNCc1ncnn1CC(C)C. The van der Waals surface area contributed by atoms with Gasteiger partial charge in [0.15, 0.2) is 0 Å². The predicted octanol–water partition coefficient (Wildman–Crippen LogP) is 2.85. The average molecular weight is 278 g/mol. The lowest BCUT2D eigenvalue weighted by Crippen LogP contribution is -2.18. The van der Waals surface area contributed by atoms with Crippen LogP contribution in [0.4, 0.5) is 0 Å². The van der Waals surface area contributed by atoms with Crippen LogP contribution in [-0.2, 0) is 26.1 Å². The maximum atomic E-state index is 4.32. The van der Waals surface area contributed by atoms with E-state index in [9.17, 15) is 0 Å². The number of hydrogen-bond donors (Lipinski definition) is 1. The Hall–Kier alpha value is -1.20. The van der Waals surface area contributed by atoms with Crippen LogP contribution in [0.15, 0.2) is 17.8 Å². The maximum absolute atomic E-state index is 4.32. The maximum Gasteiger partial charge on any atom is 0.140 e. The van der Waals surface area contributed by atoms with Crippen molar-refractivity contribution >= 4 is 11.3 Å². The Kier molecular flexibility index (Phi) is 5.10. The predicted molar refractivity (Wildman–Crippen MR) is 79.1 cm³/mol. The molecule has 5 heteroatoms. The number of aromatic nitrogens is 3. The van der Waals surface area contributed by atoms with Crippen molar-refractivity contribution in [3.05, 3.63) is 34.0 Å². The lowest BCUT2D eigenvalue weighted by molar-refractivity contribution is 0.457. The van der Waals surface area contributed by atoms with E-state index in [1.807, 2.05) is 16.0 Å². The Morgan fingerprint density at radius 3 is 2.95 bits per heavy atom. The second-order valence-electron chi connectivity index (χ2n) is 5.08. The summed E-state index contributed by atoms with van der Waals surface area (Å²) in [5, 5.41) is 9.90. The summed E-state index contributed by atoms with van der Waals surface area (Å²) in [4.78, 5) is 5.75. The molecule has 104 valence electrons. The van der Waals surface area contributed by atoms with E-state index in [4.69, 9.17) is 0 Å². The van der Waals surface area contributed by atoms with Crippen molar-refractivity contribution in [3.63, 3.8) is 0 Å². The Balaban J connectivity index is 1.87. The van der Waals surface area contributed by atoms with Gasteiger partial charge in [0.1, 0.15) is 12.2 Å². The molecule has 19 heavy (non-hydrogen) atoms. The molecule has 2 heterocycles. The van der Waals surface area contributed by atoms with E-state index in [-0.39, 0.29) is 0 Å². The first-order valence-corrected chi connectivity index (χ1v) is 7.71. The van der Waals surface area contributed by atoms with Gasteiger partial charge in [-0.15, -0.1) is 11.3 Å². The van der Waals surface area contributed by atoms with E-state index in [1.54, 1.807) is 6.33 Å². The third-order valence-electron chi connectivity index (χ3n) is 3.02. The molecule has 4 nitrogen and oxygen atoms in total. The summed E-state index contributed by atoms with van der Waals surface area (Å²) in [7, 11) is 0. The standard InChI is InChI=1S/C14H22N4S/c1-4-12-5-6-19-13(12)7-15-8-14-16-10-17-18(14)9-11(2)3/h5-6,10-11,15H,4,7-9H2,1-3H3. The minimum atomic E-state index is 0.587. The van der Waals surface area contributed by atoms with Gasteiger partial charge in [-0.05, 0) is 29.3 Å². The topological polar surface area (TPSA) is 42.7 Å². The van der Waals surface area contributed by atoms with Gasteiger partial charge in [0.05, 0.1) is 6.54 Å². The third-order valence-corrected chi connectivity index (χ3v) is 3.98. The summed E-state index contributed by atoms with van der Waals surface area (Å²) >= 11 is 1.82. The van der Waals surface area contributed by atoms with Crippen molar-refractivity contribution in [1.29, 1.82) is 0 Å². The molecule has 0 radical (unpaired) electrons. The first-order valence-electron chi connectivity index (χ1n) is 6.83. The molecule has 0 fully saturated rings. The van der Waals surface area contributed by atoms with E-state index in [2.05, 4.69) is 47.6 Å². The fourth-order valence-corrected chi connectivity index (χ4v) is 2.99. The Labute approximate surface area is 118 Å². The monoisotopic (exact) mass is 278 g/mol. The van der Waals surface area contributed by atoms with Gasteiger partial charge >= 0.3 is 0 Å². The largest absolute Gasteiger partial charge is 0.305 e. The molecule has 0 aliphatic rings. The van der Waals surface area contributed by atoms with E-state index < -0.39 is 0 Å². The smallest absolute Gasteiger partial charge is 0.140 e. The fraction of sp³-hybridized carbons (Fsp3) is 0.571. The van der Waals surface area contributed by atoms with Gasteiger partial charge < -0.3 is 5.32 Å². The molecule has 0 aromatic carbocycles. The van der Waals surface area contributed by atoms with Crippen molar-refractivity contribution in [2.45, 2.75) is 46.8 Å². The van der Waals surface area contributed by atoms with Crippen LogP contribution in [0, 0.1) is 5.92 Å². The molecule has 0 atom stereocenters. The number of rotatable bonds is 7. The molecule has 0 bridgehead atoms. The molecule has 0 amide bonds. The summed E-state index contributed by atoms with van der Waals surface area (Å²) in [5.74, 6) is 1.60. The third kappa shape index (κ3) is 3.88. The molecule has 2 aromatic heterocycles. The first kappa shape index (κ1) is 14.2. The van der Waals surface area contributed by atoms with Crippen LogP contribution < -0.4 is 5.32 Å². The van der Waals surface area contributed by atoms with E-state index in [0.717, 1.165) is 31.9 Å². The van der Waals surface area contributed by atoms with Crippen molar-refractivity contribution in [3.8, 4) is 0 Å². The van der Waals surface area contributed by atoms with E-state index in [0.29, 0.717) is 5.92 Å². The van der Waals surface area contributed by atoms with E-state index >= 15 is 0 Å². The van der Waals surface area contributed by atoms with Crippen molar-refractivity contribution in [2.24, 2.45) is 5.92 Å². The summed E-state index contributed by atoms with van der Waals surface area (Å²) < 4.78 is 1.99. The minimum absolute atomic E-state index is 0.587. The van der Waals surface area contributed by atoms with Crippen molar-refractivity contribution < 1.29 is 0 Å². The molecule has 0 aliphatic heterocycles. The number of aryl methyl sites for hydroxylation is 1. The van der Waals surface area contributed by atoms with Crippen molar-refractivity contribution in [1.82, 2.24) is 20.1 Å². The van der Waals surface area contributed by atoms with Crippen LogP contribution in [-0.4, -0.2) is 14.8 Å². The lowest BCUT2D eigenvalue weighted by Gasteiger charge is -2.09. The van der Waals surface area contributed by atoms with Crippen LogP contribution in [0.5, 0.6) is 0 Å². The summed E-state index contributed by atoms with van der Waals surface area (Å²) in [6, 6.07) is 2.21. The van der Waals surface area contributed by atoms with Crippen LogP contribution in [0.3, 0.4) is 0 Å². The molecule has 0 saturated carbocycles. The van der Waals surface area contributed by atoms with Gasteiger partial charge in [0, 0.05) is 18.0 Å². The molecule has 2 rings (SSSR count). The minimum Gasteiger partial charge on any atom is -0.305 e. The molecular formula is C14H22N4S. The zero-order chi connectivity index (χ0) is 13.7. The zero-order valence-electron chi connectivity index (χ0n) is 11.9. The number of hydrogen-bond acceptors (Lipinski definition) is 4. The zero-order valence-corrected chi connectivity index (χ0v) is 12.7. The molecule has 0 unspecified atom stereocenters. The molecule has 0 saturated heterocycles.